The number of hydrogen-bond acceptors (Lipinski definition) is 6. The Balaban J connectivity index is 0.000000132. The number of hydrogen-bond donors (Lipinski definition) is 0. The van der Waals surface area contributed by atoms with E-state index in [0.717, 1.165) is 6.42 Å². The molecule has 0 saturated heterocycles. The molecule has 0 unspecified atom stereocenters. The van der Waals surface area contributed by atoms with Gasteiger partial charge in [-0.2, -0.15) is 0 Å². The van der Waals surface area contributed by atoms with Crippen molar-refractivity contribution < 1.29 is 0 Å². The van der Waals surface area contributed by atoms with Crippen molar-refractivity contribution in [2.75, 3.05) is 0 Å². The summed E-state index contributed by atoms with van der Waals surface area (Å²) in [6.45, 7) is 4.37. The number of thiophene rings is 7. The molecule has 38 heavy (non-hydrogen) atoms. The van der Waals surface area contributed by atoms with Crippen LogP contribution in [0.3, 0.4) is 0 Å². The average Bonchev–Trinajstić information content (AvgIpc) is 3.80. The van der Waals surface area contributed by atoms with Crippen LogP contribution in [0.5, 0.6) is 0 Å². The Bertz CT molecular complexity index is 1530. The van der Waals surface area contributed by atoms with Gasteiger partial charge >= 0.3 is 0 Å². The fraction of sp³-hybridized carbons (Fsp3) is 0.0968. The largest absolute Gasteiger partial charge is 0.143 e. The normalized spacial score (nSPS) is 10.5. The van der Waals surface area contributed by atoms with Crippen molar-refractivity contribution in [1.29, 1.82) is 0 Å². The van der Waals surface area contributed by atoms with Crippen LogP contribution >= 0.6 is 79.4 Å². The van der Waals surface area contributed by atoms with Crippen LogP contribution in [0.2, 0.25) is 0 Å². The molecule has 0 aliphatic heterocycles. The molecule has 7 heterocycles. The fourth-order valence-corrected chi connectivity index (χ4v) is 9.73. The lowest BCUT2D eigenvalue weighted by molar-refractivity contribution is 1.19. The molecule has 0 saturated carbocycles. The van der Waals surface area contributed by atoms with Crippen LogP contribution in [0.25, 0.3) is 39.0 Å². The Hall–Kier alpha value is -2.10. The van der Waals surface area contributed by atoms with E-state index < -0.39 is 0 Å². The Morgan fingerprint density at radius 2 is 0.974 bits per heavy atom. The van der Waals surface area contributed by atoms with Gasteiger partial charge in [-0.25, -0.2) is 0 Å². The summed E-state index contributed by atoms with van der Waals surface area (Å²) >= 11 is 12.5. The van der Waals surface area contributed by atoms with E-state index >= 15 is 0 Å². The van der Waals surface area contributed by atoms with E-state index in [4.69, 9.17) is 0 Å². The van der Waals surface area contributed by atoms with E-state index in [1.54, 1.807) is 22.7 Å². The summed E-state index contributed by atoms with van der Waals surface area (Å²) in [5.41, 5.74) is 0. The first-order valence-corrected chi connectivity index (χ1v) is 18.2. The fourth-order valence-electron chi connectivity index (χ4n) is 3.56. The zero-order valence-electron chi connectivity index (χ0n) is 21.0. The summed E-state index contributed by atoms with van der Waals surface area (Å²) in [7, 11) is 0. The summed E-state index contributed by atoms with van der Waals surface area (Å²) in [6.07, 6.45) is 1.13. The van der Waals surface area contributed by atoms with Gasteiger partial charge in [0.25, 0.3) is 0 Å². The Morgan fingerprint density at radius 1 is 0.500 bits per heavy atom. The number of rotatable bonds is 5. The molecule has 0 atom stereocenters. The highest BCUT2D eigenvalue weighted by molar-refractivity contribution is 7.27. The van der Waals surface area contributed by atoms with Crippen LogP contribution in [0, 0.1) is 6.92 Å². The SMILES string of the molecule is CCc1ccc(-c2ccc(-c3ccc(C)s3)s2)s1.c1cc[sH+]c1.c1csc(-c2ccc(-c3cccs3)s2)c1. The van der Waals surface area contributed by atoms with Gasteiger partial charge in [-0.05, 0) is 108 Å². The minimum Gasteiger partial charge on any atom is -0.143 e. The predicted molar refractivity (Wildman–Crippen MR) is 182 cm³/mol. The summed E-state index contributed by atoms with van der Waals surface area (Å²) in [6, 6.07) is 30.5. The van der Waals surface area contributed by atoms with Gasteiger partial charge in [0, 0.05) is 48.8 Å². The van der Waals surface area contributed by atoms with Gasteiger partial charge in [-0.3, -0.25) is 0 Å². The molecule has 7 aromatic rings. The Morgan fingerprint density at radius 3 is 1.37 bits per heavy atom. The highest BCUT2D eigenvalue weighted by Crippen LogP contribution is 2.40. The first-order valence-electron chi connectivity index (χ1n) is 12.1. The Labute approximate surface area is 252 Å². The summed E-state index contributed by atoms with van der Waals surface area (Å²) < 4.78 is 0. The maximum absolute atomic E-state index is 2.25. The van der Waals surface area contributed by atoms with Crippen molar-refractivity contribution in [1.82, 2.24) is 0 Å². The minimum absolute atomic E-state index is 1.13. The first-order chi connectivity index (χ1) is 18.7. The van der Waals surface area contributed by atoms with Crippen molar-refractivity contribution in [2.45, 2.75) is 20.3 Å². The lowest BCUT2D eigenvalue weighted by Gasteiger charge is -1.91. The second-order valence-electron chi connectivity index (χ2n) is 8.14. The van der Waals surface area contributed by atoms with Crippen molar-refractivity contribution >= 4 is 79.4 Å². The highest BCUT2D eigenvalue weighted by Gasteiger charge is 2.08. The molecule has 0 aliphatic rings. The topological polar surface area (TPSA) is 0 Å². The third-order valence-corrected chi connectivity index (χ3v) is 13.0. The van der Waals surface area contributed by atoms with Crippen LogP contribution in [0.4, 0.5) is 0 Å². The van der Waals surface area contributed by atoms with E-state index in [9.17, 15) is 0 Å². The van der Waals surface area contributed by atoms with Crippen molar-refractivity contribution in [3.05, 3.63) is 116 Å². The maximum atomic E-state index is 2.25. The molecule has 7 rings (SSSR count). The lowest BCUT2D eigenvalue weighted by Crippen LogP contribution is -1.63. The molecule has 0 bridgehead atoms. The molecule has 0 nitrogen and oxygen atoms in total. The average molecular weight is 624 g/mol. The molecule has 0 aliphatic carbocycles. The van der Waals surface area contributed by atoms with Crippen molar-refractivity contribution in [3.63, 3.8) is 0 Å². The van der Waals surface area contributed by atoms with Gasteiger partial charge in [-0.1, -0.05) is 19.1 Å². The summed E-state index contributed by atoms with van der Waals surface area (Å²) in [5, 5.41) is 8.44. The quantitative estimate of drug-likeness (QED) is 0.167. The Kier molecular flexibility index (Phi) is 9.98. The molecule has 7 aromatic heterocycles. The van der Waals surface area contributed by atoms with Crippen molar-refractivity contribution in [3.8, 4) is 39.0 Å². The molecule has 0 spiro atoms. The van der Waals surface area contributed by atoms with Gasteiger partial charge < -0.3 is 0 Å². The third-order valence-electron chi connectivity index (χ3n) is 5.43. The van der Waals surface area contributed by atoms with E-state index in [0.29, 0.717) is 0 Å². The van der Waals surface area contributed by atoms with Crippen LogP contribution in [-0.4, -0.2) is 0 Å². The molecule has 0 aromatic carbocycles. The van der Waals surface area contributed by atoms with E-state index in [2.05, 4.69) is 108 Å². The van der Waals surface area contributed by atoms with E-state index in [1.165, 1.54) is 60.1 Å². The molecular formula is C31H27S7+. The molecule has 0 radical (unpaired) electrons. The zero-order valence-corrected chi connectivity index (χ0v) is 26.8. The van der Waals surface area contributed by atoms with Crippen LogP contribution in [0.1, 0.15) is 16.7 Å². The molecule has 0 fully saturated rings. The predicted octanol–water partition coefficient (Wildman–Crippen LogP) is 12.8. The molecule has 0 N–H and O–H groups in total. The second kappa shape index (κ2) is 13.8. The standard InChI is InChI=1S/C15H14S3.C12H8S3.C4H4S/c1-3-11-5-7-13(17-11)15-9-8-14(18-15)12-6-4-10(2)16-12;1-3-9(13-7-1)11-5-6-12(15-11)10-4-2-8-14-10;1-2-4-5-3-1/h4-9H,3H2,1-2H3;1-8H;1-4H/p+1. The maximum Gasteiger partial charge on any atom is 0.135 e. The smallest absolute Gasteiger partial charge is 0.135 e. The monoisotopic (exact) mass is 623 g/mol. The second-order valence-corrected chi connectivity index (χ2v) is 15.6. The minimum atomic E-state index is 1.13. The van der Waals surface area contributed by atoms with Crippen molar-refractivity contribution in [2.24, 2.45) is 0 Å². The van der Waals surface area contributed by atoms with Gasteiger partial charge in [0.15, 0.2) is 0 Å². The highest BCUT2D eigenvalue weighted by atomic mass is 32.1. The van der Waals surface area contributed by atoms with E-state index in [1.807, 2.05) is 57.5 Å². The van der Waals surface area contributed by atoms with Gasteiger partial charge in [0.2, 0.25) is 0 Å². The van der Waals surface area contributed by atoms with Gasteiger partial charge in [-0.15, -0.1) is 68.0 Å². The van der Waals surface area contributed by atoms with Crippen LogP contribution < -0.4 is 0 Å². The zero-order chi connectivity index (χ0) is 26.2. The molecule has 192 valence electrons. The van der Waals surface area contributed by atoms with Gasteiger partial charge in [0.05, 0.1) is 0 Å². The van der Waals surface area contributed by atoms with Crippen LogP contribution in [0.15, 0.2) is 106 Å². The molecule has 7 heteroatoms. The third kappa shape index (κ3) is 7.30. The summed E-state index contributed by atoms with van der Waals surface area (Å²) in [4.78, 5) is 13.9. The summed E-state index contributed by atoms with van der Waals surface area (Å²) in [5.74, 6) is 0. The van der Waals surface area contributed by atoms with E-state index in [-0.39, 0.29) is 0 Å². The lowest BCUT2D eigenvalue weighted by atomic mass is 10.3. The molecular weight excluding hydrogens is 597 g/mol. The molecule has 0 amide bonds. The van der Waals surface area contributed by atoms with Gasteiger partial charge in [0.1, 0.15) is 10.8 Å². The van der Waals surface area contributed by atoms with Crippen LogP contribution in [-0.2, 0) is 6.42 Å². The number of aryl methyl sites for hydroxylation is 2. The first kappa shape index (κ1) is 27.5.